The zero-order valence-electron chi connectivity index (χ0n) is 35.9. The van der Waals surface area contributed by atoms with Crippen molar-refractivity contribution in [3.8, 4) is 16.9 Å². The van der Waals surface area contributed by atoms with E-state index in [9.17, 15) is 0 Å². The molecule has 0 aliphatic carbocycles. The number of anilines is 3. The van der Waals surface area contributed by atoms with Gasteiger partial charge in [0, 0.05) is 88.6 Å². The van der Waals surface area contributed by atoms with Gasteiger partial charge in [0.15, 0.2) is 0 Å². The molecule has 0 aliphatic heterocycles. The van der Waals surface area contributed by atoms with Crippen molar-refractivity contribution >= 4 is 110 Å². The highest BCUT2D eigenvalue weighted by atomic mass is 16.3. The number of allylic oxidation sites excluding steroid dienone is 4. The number of para-hydroxylation sites is 5. The Morgan fingerprint density at radius 3 is 1.91 bits per heavy atom. The number of furan rings is 1. The SMILES string of the molecule is C=C/C=C(\C=C)n1c2ccccc2c2cc(N(c3ccc(-c4nc5ccccc5c5c4ccc4c5c5ccccc5n4-c4ccccc4)cc3)c3ccc4c(c3)oc3ccccc34)ccc21. The quantitative estimate of drug-likeness (QED) is 0.113. The predicted octanol–water partition coefficient (Wildman–Crippen LogP) is 16.8. The lowest BCUT2D eigenvalue weighted by Gasteiger charge is -2.26. The largest absolute Gasteiger partial charge is 0.456 e. The van der Waals surface area contributed by atoms with Crippen molar-refractivity contribution in [3.05, 3.63) is 232 Å². The van der Waals surface area contributed by atoms with Crippen LogP contribution in [0.1, 0.15) is 0 Å². The van der Waals surface area contributed by atoms with Crippen molar-refractivity contribution in [2.45, 2.75) is 0 Å². The van der Waals surface area contributed by atoms with Gasteiger partial charge in [0.25, 0.3) is 0 Å². The third-order valence-electron chi connectivity index (χ3n) is 13.2. The molecule has 0 bridgehead atoms. The van der Waals surface area contributed by atoms with Gasteiger partial charge >= 0.3 is 0 Å². The summed E-state index contributed by atoms with van der Waals surface area (Å²) < 4.78 is 11.1. The number of fused-ring (bicyclic) bond motifs is 13. The van der Waals surface area contributed by atoms with Crippen LogP contribution in [0.5, 0.6) is 0 Å². The lowest BCUT2D eigenvalue weighted by Crippen LogP contribution is -2.10. The van der Waals surface area contributed by atoms with Crippen LogP contribution in [0.3, 0.4) is 0 Å². The van der Waals surface area contributed by atoms with E-state index in [0.717, 1.165) is 99.7 Å². The summed E-state index contributed by atoms with van der Waals surface area (Å²) in [6.07, 6.45) is 5.70. The summed E-state index contributed by atoms with van der Waals surface area (Å²) in [4.78, 5) is 7.74. The Bertz CT molecular complexity index is 4150. The van der Waals surface area contributed by atoms with Crippen LogP contribution in [0.25, 0.3) is 110 Å². The molecule has 13 aromatic rings. The molecule has 0 saturated heterocycles. The molecule has 4 aromatic heterocycles. The van der Waals surface area contributed by atoms with E-state index in [-0.39, 0.29) is 0 Å². The van der Waals surface area contributed by atoms with Crippen LogP contribution in [-0.2, 0) is 0 Å². The predicted molar refractivity (Wildman–Crippen MR) is 279 cm³/mol. The highest BCUT2D eigenvalue weighted by molar-refractivity contribution is 6.29. The summed E-state index contributed by atoms with van der Waals surface area (Å²) in [5.41, 5.74) is 14.3. The van der Waals surface area contributed by atoms with Crippen LogP contribution in [0.15, 0.2) is 236 Å². The van der Waals surface area contributed by atoms with Crippen LogP contribution in [0.2, 0.25) is 0 Å². The highest BCUT2D eigenvalue weighted by Crippen LogP contribution is 2.45. The monoisotopic (exact) mass is 844 g/mol. The molecule has 0 N–H and O–H groups in total. The van der Waals surface area contributed by atoms with Crippen molar-refractivity contribution in [3.63, 3.8) is 0 Å². The molecule has 310 valence electrons. The lowest BCUT2D eigenvalue weighted by molar-refractivity contribution is 0.669. The second-order valence-corrected chi connectivity index (χ2v) is 16.8. The zero-order chi connectivity index (χ0) is 43.9. The molecule has 0 fully saturated rings. The van der Waals surface area contributed by atoms with Crippen LogP contribution in [-0.4, -0.2) is 14.1 Å². The van der Waals surface area contributed by atoms with Crippen LogP contribution < -0.4 is 4.90 Å². The molecule has 5 nitrogen and oxygen atoms in total. The van der Waals surface area contributed by atoms with E-state index in [1.54, 1.807) is 0 Å². The van der Waals surface area contributed by atoms with Gasteiger partial charge in [-0.3, -0.25) is 0 Å². The maximum absolute atomic E-state index is 6.48. The van der Waals surface area contributed by atoms with E-state index in [4.69, 9.17) is 9.40 Å². The molecule has 5 heteroatoms. The Kier molecular flexibility index (Phi) is 8.45. The van der Waals surface area contributed by atoms with Gasteiger partial charge in [0.2, 0.25) is 0 Å². The Morgan fingerprint density at radius 1 is 0.470 bits per heavy atom. The first-order valence-corrected chi connectivity index (χ1v) is 22.3. The average Bonchev–Trinajstić information content (AvgIpc) is 4.03. The van der Waals surface area contributed by atoms with Gasteiger partial charge in [0.1, 0.15) is 11.2 Å². The lowest BCUT2D eigenvalue weighted by atomic mass is 9.96. The van der Waals surface area contributed by atoms with E-state index < -0.39 is 0 Å². The van der Waals surface area contributed by atoms with Crippen LogP contribution in [0.4, 0.5) is 17.1 Å². The molecule has 0 unspecified atom stereocenters. The number of aromatic nitrogens is 3. The van der Waals surface area contributed by atoms with Crippen molar-refractivity contribution in [2.24, 2.45) is 0 Å². The van der Waals surface area contributed by atoms with Gasteiger partial charge < -0.3 is 18.5 Å². The summed E-state index contributed by atoms with van der Waals surface area (Å²) >= 11 is 0. The summed E-state index contributed by atoms with van der Waals surface area (Å²) in [5.74, 6) is 0. The number of rotatable bonds is 8. The Balaban J connectivity index is 1.02. The van der Waals surface area contributed by atoms with E-state index >= 15 is 0 Å². The fraction of sp³-hybridized carbons (Fsp3) is 0. The summed E-state index contributed by atoms with van der Waals surface area (Å²) in [7, 11) is 0. The summed E-state index contributed by atoms with van der Waals surface area (Å²) in [6.45, 7) is 8.14. The molecular formula is C61H40N4O. The van der Waals surface area contributed by atoms with Gasteiger partial charge in [-0.1, -0.05) is 128 Å². The third-order valence-corrected chi connectivity index (χ3v) is 13.2. The maximum Gasteiger partial charge on any atom is 0.137 e. The van der Waals surface area contributed by atoms with Crippen LogP contribution >= 0.6 is 0 Å². The van der Waals surface area contributed by atoms with Gasteiger partial charge in [0.05, 0.1) is 33.3 Å². The zero-order valence-corrected chi connectivity index (χ0v) is 35.9. The Morgan fingerprint density at radius 2 is 1.09 bits per heavy atom. The first kappa shape index (κ1) is 37.6. The molecule has 4 heterocycles. The molecule has 9 aromatic carbocycles. The maximum atomic E-state index is 6.48. The first-order chi connectivity index (χ1) is 32.7. The third kappa shape index (κ3) is 5.63. The molecule has 0 radical (unpaired) electrons. The standard InChI is InChI=1S/C61H40N4O/c1-3-16-40(4-2)64-53-24-13-9-19-45(53)51-37-43(32-35-55(51)64)63(44-31-33-47-46-20-11-15-26-57(46)66-58(47)38-44)42-29-27-39(28-30-42)61-50-34-36-56-60(59(50)48-21-8-12-23-52(48)62-61)49-22-10-14-25-54(49)65(56)41-17-6-5-7-18-41/h3-38H,1-2H2/b40-16+. The topological polar surface area (TPSA) is 39.1 Å². The molecule has 0 saturated carbocycles. The molecule has 0 aliphatic rings. The summed E-state index contributed by atoms with van der Waals surface area (Å²) in [5, 5.41) is 10.4. The minimum Gasteiger partial charge on any atom is -0.456 e. The van der Waals surface area contributed by atoms with E-state index in [1.807, 2.05) is 30.4 Å². The van der Waals surface area contributed by atoms with Crippen LogP contribution in [0, 0.1) is 0 Å². The second kappa shape index (κ2) is 14.8. The number of benzene rings is 9. The van der Waals surface area contributed by atoms with E-state index in [1.165, 1.54) is 27.2 Å². The molecule has 0 spiro atoms. The van der Waals surface area contributed by atoms with E-state index in [2.05, 4.69) is 215 Å². The first-order valence-electron chi connectivity index (χ1n) is 22.3. The minimum atomic E-state index is 0.838. The fourth-order valence-electron chi connectivity index (χ4n) is 10.4. The van der Waals surface area contributed by atoms with Crippen molar-refractivity contribution < 1.29 is 4.42 Å². The number of hydrogen-bond acceptors (Lipinski definition) is 3. The van der Waals surface area contributed by atoms with Gasteiger partial charge in [-0.05, 0) is 97.1 Å². The van der Waals surface area contributed by atoms with Crippen molar-refractivity contribution in [2.75, 3.05) is 4.90 Å². The Labute approximate surface area is 380 Å². The normalized spacial score (nSPS) is 12.2. The molecule has 13 rings (SSSR count). The molecular weight excluding hydrogens is 805 g/mol. The molecule has 66 heavy (non-hydrogen) atoms. The van der Waals surface area contributed by atoms with Gasteiger partial charge in [-0.15, -0.1) is 0 Å². The van der Waals surface area contributed by atoms with Gasteiger partial charge in [-0.2, -0.15) is 0 Å². The summed E-state index contributed by atoms with van der Waals surface area (Å²) in [6, 6.07) is 71.4. The molecule has 0 amide bonds. The fourth-order valence-corrected chi connectivity index (χ4v) is 10.4. The number of hydrogen-bond donors (Lipinski definition) is 0. The molecule has 0 atom stereocenters. The highest BCUT2D eigenvalue weighted by Gasteiger charge is 2.22. The number of pyridine rings is 1. The van der Waals surface area contributed by atoms with E-state index in [0.29, 0.717) is 0 Å². The minimum absolute atomic E-state index is 0.838. The number of nitrogens with zero attached hydrogens (tertiary/aromatic N) is 4. The van der Waals surface area contributed by atoms with Gasteiger partial charge in [-0.25, -0.2) is 4.98 Å². The average molecular weight is 845 g/mol. The smallest absolute Gasteiger partial charge is 0.137 e. The van der Waals surface area contributed by atoms with Crippen molar-refractivity contribution in [1.82, 2.24) is 14.1 Å². The Hall–Kier alpha value is -8.93. The second-order valence-electron chi connectivity index (χ2n) is 16.8. The van der Waals surface area contributed by atoms with Crippen molar-refractivity contribution in [1.29, 1.82) is 0 Å².